The van der Waals surface area contributed by atoms with Crippen molar-refractivity contribution in [1.82, 2.24) is 5.32 Å². The van der Waals surface area contributed by atoms with Crippen LogP contribution in [0.5, 0.6) is 5.75 Å². The third-order valence-electron chi connectivity index (χ3n) is 2.37. The second kappa shape index (κ2) is 8.04. The Morgan fingerprint density at radius 2 is 2.15 bits per heavy atom. The van der Waals surface area contributed by atoms with Gasteiger partial charge in [0.25, 0.3) is 0 Å². The molecule has 1 aromatic rings. The number of aliphatic imine (C=N–C) groups is 1. The fourth-order valence-corrected chi connectivity index (χ4v) is 2.16. The number of rotatable bonds is 5. The van der Waals surface area contributed by atoms with Crippen LogP contribution < -0.4 is 10.1 Å². The van der Waals surface area contributed by atoms with E-state index in [9.17, 15) is 13.2 Å². The molecule has 1 aromatic carbocycles. The van der Waals surface area contributed by atoms with Crippen LogP contribution in [0.15, 0.2) is 29.3 Å². The summed E-state index contributed by atoms with van der Waals surface area (Å²) in [5, 5.41) is 3.75. The minimum atomic E-state index is -4.34. The van der Waals surface area contributed by atoms with Crippen LogP contribution in [-0.2, 0) is 6.18 Å². The second-order valence-electron chi connectivity index (χ2n) is 3.85. The Morgan fingerprint density at radius 1 is 1.40 bits per heavy atom. The van der Waals surface area contributed by atoms with Crippen molar-refractivity contribution in [3.05, 3.63) is 29.8 Å². The summed E-state index contributed by atoms with van der Waals surface area (Å²) in [5.74, 6) is 1.02. The van der Waals surface area contributed by atoms with E-state index in [1.165, 1.54) is 12.1 Å². The van der Waals surface area contributed by atoms with Crippen LogP contribution in [0.1, 0.15) is 12.0 Å². The van der Waals surface area contributed by atoms with Crippen LogP contribution in [0.4, 0.5) is 13.2 Å². The Bertz CT molecular complexity index is 449. The summed E-state index contributed by atoms with van der Waals surface area (Å²) in [5.41, 5.74) is -0.694. The fourth-order valence-electron chi connectivity index (χ4n) is 1.43. The number of nitrogens with one attached hydrogen (secondary N) is 1. The second-order valence-corrected chi connectivity index (χ2v) is 4.94. The molecule has 0 aliphatic heterocycles. The molecule has 3 nitrogen and oxygen atoms in total. The number of benzene rings is 1. The van der Waals surface area contributed by atoms with Gasteiger partial charge >= 0.3 is 6.18 Å². The van der Waals surface area contributed by atoms with E-state index in [1.54, 1.807) is 25.9 Å². The van der Waals surface area contributed by atoms with Gasteiger partial charge in [-0.2, -0.15) is 13.2 Å². The highest BCUT2D eigenvalue weighted by molar-refractivity contribution is 8.13. The van der Waals surface area contributed by atoms with Gasteiger partial charge in [-0.1, -0.05) is 17.8 Å². The number of hydrogen-bond acceptors (Lipinski definition) is 3. The molecule has 0 bridgehead atoms. The predicted octanol–water partition coefficient (Wildman–Crippen LogP) is 3.41. The maximum Gasteiger partial charge on any atom is 0.416 e. The molecule has 0 aliphatic rings. The molecule has 0 saturated carbocycles. The van der Waals surface area contributed by atoms with Gasteiger partial charge in [0.05, 0.1) is 12.2 Å². The van der Waals surface area contributed by atoms with Crippen LogP contribution in [0.2, 0.25) is 0 Å². The summed E-state index contributed by atoms with van der Waals surface area (Å²) < 4.78 is 42.8. The summed E-state index contributed by atoms with van der Waals surface area (Å²) in [6, 6.07) is 4.91. The summed E-state index contributed by atoms with van der Waals surface area (Å²) in [6.07, 6.45) is -3.61. The van der Waals surface area contributed by atoms with E-state index < -0.39 is 11.7 Å². The van der Waals surface area contributed by atoms with Gasteiger partial charge in [-0.25, -0.2) is 0 Å². The molecule has 0 unspecified atom stereocenters. The lowest BCUT2D eigenvalue weighted by Crippen LogP contribution is -2.15. The summed E-state index contributed by atoms with van der Waals surface area (Å²) in [7, 11) is 3.48. The van der Waals surface area contributed by atoms with Crippen molar-refractivity contribution in [2.45, 2.75) is 12.6 Å². The third-order valence-corrected chi connectivity index (χ3v) is 3.53. The molecule has 0 fully saturated rings. The number of alkyl halides is 3. The van der Waals surface area contributed by atoms with Crippen molar-refractivity contribution in [2.75, 3.05) is 26.5 Å². The van der Waals surface area contributed by atoms with Crippen molar-refractivity contribution in [2.24, 2.45) is 4.99 Å². The van der Waals surface area contributed by atoms with Crippen LogP contribution in [0, 0.1) is 0 Å². The van der Waals surface area contributed by atoms with Gasteiger partial charge in [-0.15, -0.1) is 0 Å². The number of hydrogen-bond donors (Lipinski definition) is 1. The molecule has 1 N–H and O–H groups in total. The van der Waals surface area contributed by atoms with Crippen LogP contribution in [0.3, 0.4) is 0 Å². The highest BCUT2D eigenvalue weighted by Crippen LogP contribution is 2.31. The van der Waals surface area contributed by atoms with E-state index in [-0.39, 0.29) is 5.75 Å². The molecule has 0 aromatic heterocycles. The average molecular weight is 306 g/mol. The van der Waals surface area contributed by atoms with Gasteiger partial charge in [0, 0.05) is 19.8 Å². The van der Waals surface area contributed by atoms with Crippen molar-refractivity contribution in [3.63, 3.8) is 0 Å². The Balaban J connectivity index is 2.36. The van der Waals surface area contributed by atoms with Crippen molar-refractivity contribution in [1.29, 1.82) is 0 Å². The molecule has 0 radical (unpaired) electrons. The number of amidine groups is 1. The molecular weight excluding hydrogens is 289 g/mol. The molecule has 0 aliphatic carbocycles. The molecule has 0 atom stereocenters. The molecule has 0 heterocycles. The van der Waals surface area contributed by atoms with Gasteiger partial charge in [-0.05, 0) is 24.6 Å². The zero-order chi connectivity index (χ0) is 15.0. The maximum absolute atomic E-state index is 12.5. The number of halogens is 3. The Kier molecular flexibility index (Phi) is 6.70. The zero-order valence-corrected chi connectivity index (χ0v) is 12.1. The lowest BCUT2D eigenvalue weighted by atomic mass is 10.2. The highest BCUT2D eigenvalue weighted by atomic mass is 32.2. The SMILES string of the molecule is CN=C(NC)SCCCOc1cccc(C(F)(F)F)c1. The molecule has 1 rings (SSSR count). The first-order valence-electron chi connectivity index (χ1n) is 6.04. The average Bonchev–Trinajstić information content (AvgIpc) is 2.42. The van der Waals surface area contributed by atoms with E-state index in [0.29, 0.717) is 6.61 Å². The highest BCUT2D eigenvalue weighted by Gasteiger charge is 2.30. The van der Waals surface area contributed by atoms with Crippen LogP contribution in [0.25, 0.3) is 0 Å². The van der Waals surface area contributed by atoms with E-state index in [0.717, 1.165) is 29.5 Å². The molecule has 0 saturated heterocycles. The summed E-state index contributed by atoms with van der Waals surface area (Å²) in [4.78, 5) is 4.00. The smallest absolute Gasteiger partial charge is 0.416 e. The number of ether oxygens (including phenoxy) is 1. The van der Waals surface area contributed by atoms with Crippen LogP contribution >= 0.6 is 11.8 Å². The van der Waals surface area contributed by atoms with Gasteiger partial charge in [0.2, 0.25) is 0 Å². The molecular formula is C13H17F3N2OS. The molecule has 112 valence electrons. The monoisotopic (exact) mass is 306 g/mol. The number of nitrogens with zero attached hydrogens (tertiary/aromatic N) is 1. The van der Waals surface area contributed by atoms with Crippen molar-refractivity contribution in [3.8, 4) is 5.75 Å². The first-order valence-corrected chi connectivity index (χ1v) is 7.03. The van der Waals surface area contributed by atoms with Crippen LogP contribution in [-0.4, -0.2) is 31.6 Å². The molecule has 7 heteroatoms. The summed E-state index contributed by atoms with van der Waals surface area (Å²) in [6.45, 7) is 0.370. The fraction of sp³-hybridized carbons (Fsp3) is 0.462. The molecule has 0 amide bonds. The minimum Gasteiger partial charge on any atom is -0.494 e. The first kappa shape index (κ1) is 16.7. The van der Waals surface area contributed by atoms with E-state index in [4.69, 9.17) is 4.74 Å². The normalized spacial score (nSPS) is 12.3. The van der Waals surface area contributed by atoms with Gasteiger partial charge in [-0.3, -0.25) is 4.99 Å². The van der Waals surface area contributed by atoms with E-state index >= 15 is 0 Å². The van der Waals surface area contributed by atoms with Crippen molar-refractivity contribution >= 4 is 16.9 Å². The van der Waals surface area contributed by atoms with E-state index in [2.05, 4.69) is 10.3 Å². The predicted molar refractivity (Wildman–Crippen MR) is 76.4 cm³/mol. The lowest BCUT2D eigenvalue weighted by Gasteiger charge is -2.10. The lowest BCUT2D eigenvalue weighted by molar-refractivity contribution is -0.137. The largest absolute Gasteiger partial charge is 0.494 e. The Hall–Kier alpha value is -1.37. The van der Waals surface area contributed by atoms with Crippen molar-refractivity contribution < 1.29 is 17.9 Å². The third kappa shape index (κ3) is 5.73. The van der Waals surface area contributed by atoms with Gasteiger partial charge in [0.15, 0.2) is 5.17 Å². The topological polar surface area (TPSA) is 33.6 Å². The Labute approximate surface area is 120 Å². The molecule has 20 heavy (non-hydrogen) atoms. The first-order chi connectivity index (χ1) is 9.47. The standard InChI is InChI=1S/C13H17F3N2OS/c1-17-12(18-2)20-8-4-7-19-11-6-3-5-10(9-11)13(14,15)16/h3,5-6,9H,4,7-8H2,1-2H3,(H,17,18). The number of thioether (sulfide) groups is 1. The van der Waals surface area contributed by atoms with E-state index in [1.807, 2.05) is 0 Å². The van der Waals surface area contributed by atoms with Gasteiger partial charge in [0.1, 0.15) is 5.75 Å². The summed E-state index contributed by atoms with van der Waals surface area (Å²) >= 11 is 1.54. The Morgan fingerprint density at radius 3 is 2.75 bits per heavy atom. The van der Waals surface area contributed by atoms with Gasteiger partial charge < -0.3 is 10.1 Å². The quantitative estimate of drug-likeness (QED) is 0.514. The molecule has 0 spiro atoms. The minimum absolute atomic E-state index is 0.239. The zero-order valence-electron chi connectivity index (χ0n) is 11.3. The maximum atomic E-state index is 12.5.